The van der Waals surface area contributed by atoms with Gasteiger partial charge in [0.05, 0.1) is 25.0 Å². The van der Waals surface area contributed by atoms with Crippen LogP contribution in [-0.2, 0) is 17.6 Å². The molecule has 1 saturated heterocycles. The molecule has 0 saturated carbocycles. The maximum absolute atomic E-state index is 12.8. The Bertz CT molecular complexity index is 1110. The maximum atomic E-state index is 12.8. The summed E-state index contributed by atoms with van der Waals surface area (Å²) in [4.78, 5) is 14.5. The van der Waals surface area contributed by atoms with Gasteiger partial charge in [-0.15, -0.1) is 0 Å². The largest absolute Gasteiger partial charge is 0.444 e. The molecule has 0 spiro atoms. The van der Waals surface area contributed by atoms with Crippen molar-refractivity contribution in [3.63, 3.8) is 0 Å². The minimum atomic E-state index is -0.583. The number of carbonyl (C=O) groups excluding carboxylic acids is 1. The summed E-state index contributed by atoms with van der Waals surface area (Å²) >= 11 is 13.3. The lowest BCUT2D eigenvalue weighted by Crippen LogP contribution is -2.44. The first-order valence-electron chi connectivity index (χ1n) is 10.9. The Balaban J connectivity index is 1.98. The molecule has 172 valence electrons. The Hall–Kier alpha value is -2.73. The summed E-state index contributed by atoms with van der Waals surface area (Å²) in [5, 5.41) is 19.2. The fraction of sp³-hybridized carbons (Fsp3) is 0.423. The van der Waals surface area contributed by atoms with E-state index in [0.717, 1.165) is 22.3 Å². The van der Waals surface area contributed by atoms with E-state index < -0.39 is 5.60 Å². The fourth-order valence-corrected chi connectivity index (χ4v) is 4.96. The second-order valence-electron chi connectivity index (χ2n) is 9.31. The molecule has 0 bridgehead atoms. The van der Waals surface area contributed by atoms with Crippen LogP contribution in [0.2, 0.25) is 10.0 Å². The predicted molar refractivity (Wildman–Crippen MR) is 129 cm³/mol. The minimum absolute atomic E-state index is 0.0339. The third-order valence-corrected chi connectivity index (χ3v) is 6.41. The van der Waals surface area contributed by atoms with E-state index in [4.69, 9.17) is 38.5 Å². The summed E-state index contributed by atoms with van der Waals surface area (Å²) in [7, 11) is 0. The van der Waals surface area contributed by atoms with E-state index in [0.29, 0.717) is 36.0 Å². The lowest BCUT2D eigenvalue weighted by molar-refractivity contribution is 0.0184. The molecular weight excluding hydrogens is 457 g/mol. The summed E-state index contributed by atoms with van der Waals surface area (Å²) in [5.41, 5.74) is 3.02. The number of likely N-dealkylation sites (tertiary alicyclic amines) is 1. The molecule has 1 aliphatic heterocycles. The van der Waals surface area contributed by atoms with Crippen LogP contribution in [0.1, 0.15) is 61.3 Å². The van der Waals surface area contributed by atoms with Gasteiger partial charge >= 0.3 is 6.09 Å². The van der Waals surface area contributed by atoms with Crippen LogP contribution in [0.5, 0.6) is 0 Å². The average molecular weight is 484 g/mol. The van der Waals surface area contributed by atoms with E-state index >= 15 is 0 Å². The van der Waals surface area contributed by atoms with E-state index in [1.807, 2.05) is 57.2 Å². The zero-order chi connectivity index (χ0) is 24.2. The molecule has 2 unspecified atom stereocenters. The number of halogens is 2. The van der Waals surface area contributed by atoms with Crippen molar-refractivity contribution in [3.8, 4) is 12.1 Å². The molecular formula is C26H27Cl2N3O2. The van der Waals surface area contributed by atoms with Crippen LogP contribution in [0, 0.1) is 22.7 Å². The molecule has 1 amide bonds. The number of carbonyl (C=O) groups is 1. The number of piperidine rings is 1. The van der Waals surface area contributed by atoms with Gasteiger partial charge < -0.3 is 9.64 Å². The van der Waals surface area contributed by atoms with Crippen molar-refractivity contribution in [1.82, 2.24) is 4.90 Å². The van der Waals surface area contributed by atoms with Crippen molar-refractivity contribution in [3.05, 3.63) is 68.7 Å². The second-order valence-corrected chi connectivity index (χ2v) is 10.1. The van der Waals surface area contributed by atoms with Crippen LogP contribution in [0.3, 0.4) is 0 Å². The second kappa shape index (κ2) is 10.5. The molecule has 2 atom stereocenters. The van der Waals surface area contributed by atoms with Crippen molar-refractivity contribution in [2.24, 2.45) is 0 Å². The highest BCUT2D eigenvalue weighted by Crippen LogP contribution is 2.44. The molecule has 3 rings (SSSR count). The number of amides is 1. The van der Waals surface area contributed by atoms with Gasteiger partial charge in [-0.05, 0) is 67.5 Å². The summed E-state index contributed by atoms with van der Waals surface area (Å²) in [5.74, 6) is -0.0686. The van der Waals surface area contributed by atoms with Gasteiger partial charge in [-0.25, -0.2) is 4.79 Å². The molecule has 0 N–H and O–H groups in total. The predicted octanol–water partition coefficient (Wildman–Crippen LogP) is 6.63. The van der Waals surface area contributed by atoms with Crippen LogP contribution >= 0.6 is 23.2 Å². The standard InChI is InChI=1S/C26H27Cl2N3O2/c1-26(2,3)33-25(32)31-13-10-19(20-6-4-17(8-11-29)14-23(20)27)22(16-31)21-7-5-18(9-12-30)15-24(21)28/h4-7,14-15,19,22H,8-10,13,16H2,1-3H3. The van der Waals surface area contributed by atoms with Crippen molar-refractivity contribution in [2.75, 3.05) is 13.1 Å². The van der Waals surface area contributed by atoms with Crippen molar-refractivity contribution < 1.29 is 9.53 Å². The number of ether oxygens (including phenoxy) is 1. The maximum Gasteiger partial charge on any atom is 0.410 e. The number of nitrogens with zero attached hydrogens (tertiary/aromatic N) is 3. The molecule has 33 heavy (non-hydrogen) atoms. The highest BCUT2D eigenvalue weighted by molar-refractivity contribution is 6.32. The van der Waals surface area contributed by atoms with Gasteiger partial charge in [0.2, 0.25) is 0 Å². The van der Waals surface area contributed by atoms with Gasteiger partial charge in [0, 0.05) is 29.1 Å². The summed E-state index contributed by atoms with van der Waals surface area (Å²) < 4.78 is 5.61. The van der Waals surface area contributed by atoms with Gasteiger partial charge in [0.25, 0.3) is 0 Å². The van der Waals surface area contributed by atoms with Gasteiger partial charge in [-0.1, -0.05) is 47.5 Å². The molecule has 0 aliphatic carbocycles. The normalized spacial score (nSPS) is 18.3. The fourth-order valence-electron chi connectivity index (χ4n) is 4.28. The quantitative estimate of drug-likeness (QED) is 0.488. The van der Waals surface area contributed by atoms with Crippen molar-refractivity contribution >= 4 is 29.3 Å². The summed E-state index contributed by atoms with van der Waals surface area (Å²) in [6.07, 6.45) is 0.924. The number of hydrogen-bond donors (Lipinski definition) is 0. The van der Waals surface area contributed by atoms with E-state index in [9.17, 15) is 4.79 Å². The molecule has 2 aromatic carbocycles. The van der Waals surface area contributed by atoms with Gasteiger partial charge in [0.1, 0.15) is 5.60 Å². The highest BCUT2D eigenvalue weighted by atomic mass is 35.5. The third kappa shape index (κ3) is 6.20. The first-order valence-corrected chi connectivity index (χ1v) is 11.7. The van der Waals surface area contributed by atoms with Gasteiger partial charge in [0.15, 0.2) is 0 Å². The Morgan fingerprint density at radius 1 is 1.00 bits per heavy atom. The van der Waals surface area contributed by atoms with E-state index in [-0.39, 0.29) is 24.3 Å². The minimum Gasteiger partial charge on any atom is -0.444 e. The van der Waals surface area contributed by atoms with Crippen LogP contribution < -0.4 is 0 Å². The number of benzene rings is 2. The zero-order valence-electron chi connectivity index (χ0n) is 19.1. The van der Waals surface area contributed by atoms with Crippen molar-refractivity contribution in [1.29, 1.82) is 10.5 Å². The van der Waals surface area contributed by atoms with Crippen LogP contribution in [0.4, 0.5) is 4.79 Å². The topological polar surface area (TPSA) is 77.1 Å². The molecule has 0 aromatic heterocycles. The summed E-state index contributed by atoms with van der Waals surface area (Å²) in [6, 6.07) is 15.7. The molecule has 5 nitrogen and oxygen atoms in total. The average Bonchev–Trinajstić information content (AvgIpc) is 2.73. The monoisotopic (exact) mass is 483 g/mol. The van der Waals surface area contributed by atoms with Crippen LogP contribution in [-0.4, -0.2) is 29.7 Å². The van der Waals surface area contributed by atoms with E-state index in [1.165, 1.54) is 0 Å². The summed E-state index contributed by atoms with van der Waals surface area (Å²) in [6.45, 7) is 6.52. The lowest BCUT2D eigenvalue weighted by atomic mass is 9.76. The smallest absolute Gasteiger partial charge is 0.410 e. The van der Waals surface area contributed by atoms with Crippen LogP contribution in [0.15, 0.2) is 36.4 Å². The molecule has 1 fully saturated rings. The Labute approximate surface area is 205 Å². The first-order chi connectivity index (χ1) is 15.6. The number of nitriles is 2. The molecule has 7 heteroatoms. The Morgan fingerprint density at radius 3 is 1.97 bits per heavy atom. The highest BCUT2D eigenvalue weighted by Gasteiger charge is 2.37. The molecule has 1 heterocycles. The number of hydrogen-bond acceptors (Lipinski definition) is 4. The molecule has 0 radical (unpaired) electrons. The third-order valence-electron chi connectivity index (χ3n) is 5.76. The van der Waals surface area contributed by atoms with E-state index in [1.54, 1.807) is 4.90 Å². The SMILES string of the molecule is CC(C)(C)OC(=O)N1CCC(c2ccc(CC#N)cc2Cl)C(c2ccc(CC#N)cc2Cl)C1. The Morgan fingerprint density at radius 2 is 1.52 bits per heavy atom. The lowest BCUT2D eigenvalue weighted by Gasteiger charge is -2.40. The molecule has 2 aromatic rings. The van der Waals surface area contributed by atoms with Gasteiger partial charge in [-0.2, -0.15) is 10.5 Å². The van der Waals surface area contributed by atoms with Crippen LogP contribution in [0.25, 0.3) is 0 Å². The zero-order valence-corrected chi connectivity index (χ0v) is 20.6. The van der Waals surface area contributed by atoms with Gasteiger partial charge in [-0.3, -0.25) is 0 Å². The molecule has 1 aliphatic rings. The van der Waals surface area contributed by atoms with E-state index in [2.05, 4.69) is 12.1 Å². The number of rotatable bonds is 4. The van der Waals surface area contributed by atoms with Crippen molar-refractivity contribution in [2.45, 2.75) is 57.5 Å². The first kappa shape index (κ1) is 24.9. The Kier molecular flexibility index (Phi) is 7.90.